The Bertz CT molecular complexity index is 999. The van der Waals surface area contributed by atoms with Gasteiger partial charge in [0.1, 0.15) is 5.75 Å². The number of benzene rings is 2. The summed E-state index contributed by atoms with van der Waals surface area (Å²) in [6.45, 7) is -0.254. The quantitative estimate of drug-likeness (QED) is 0.192. The lowest BCUT2D eigenvalue weighted by Gasteiger charge is -2.22. The van der Waals surface area contributed by atoms with Crippen molar-refractivity contribution in [1.82, 2.24) is 5.32 Å². The van der Waals surface area contributed by atoms with Crippen LogP contribution in [0.25, 0.3) is 0 Å². The van der Waals surface area contributed by atoms with Crippen LogP contribution in [0.15, 0.2) is 48.5 Å². The summed E-state index contributed by atoms with van der Waals surface area (Å²) in [6.07, 6.45) is 6.01. The zero-order valence-corrected chi connectivity index (χ0v) is 19.0. The van der Waals surface area contributed by atoms with Crippen LogP contribution < -0.4 is 21.1 Å². The van der Waals surface area contributed by atoms with Gasteiger partial charge in [-0.05, 0) is 61.2 Å². The Morgan fingerprint density at radius 2 is 1.65 bits per heavy atom. The lowest BCUT2D eigenvalue weighted by molar-refractivity contribution is -0.148. The molecule has 1 saturated carbocycles. The van der Waals surface area contributed by atoms with Crippen LogP contribution in [0.4, 0.5) is 5.69 Å². The van der Waals surface area contributed by atoms with E-state index in [4.69, 9.17) is 20.6 Å². The smallest absolute Gasteiger partial charge is 0.343 e. The van der Waals surface area contributed by atoms with E-state index < -0.39 is 11.9 Å². The van der Waals surface area contributed by atoms with Gasteiger partial charge in [0.05, 0.1) is 5.56 Å². The number of carbonyl (C=O) groups is 3. The van der Waals surface area contributed by atoms with Crippen molar-refractivity contribution < 1.29 is 23.9 Å². The topological polar surface area (TPSA) is 144 Å². The van der Waals surface area contributed by atoms with Crippen LogP contribution >= 0.6 is 0 Å². The first kappa shape index (κ1) is 24.8. The van der Waals surface area contributed by atoms with E-state index >= 15 is 0 Å². The highest BCUT2D eigenvalue weighted by atomic mass is 16.5. The van der Waals surface area contributed by atoms with Crippen molar-refractivity contribution in [3.05, 3.63) is 59.7 Å². The number of esters is 2. The summed E-state index contributed by atoms with van der Waals surface area (Å²) in [5.74, 6) is -1.02. The Labute approximate surface area is 198 Å². The second-order valence-electron chi connectivity index (χ2n) is 8.21. The first-order chi connectivity index (χ1) is 16.4. The van der Waals surface area contributed by atoms with E-state index in [-0.39, 0.29) is 30.9 Å². The van der Waals surface area contributed by atoms with Crippen LogP contribution in [0.1, 0.15) is 54.4 Å². The molecule has 1 amide bonds. The number of ether oxygens (including phenoxy) is 2. The number of aryl methyl sites for hydroxylation is 1. The van der Waals surface area contributed by atoms with Crippen molar-refractivity contribution in [2.24, 2.45) is 5.73 Å². The highest BCUT2D eigenvalue weighted by Gasteiger charge is 2.16. The maximum atomic E-state index is 12.3. The summed E-state index contributed by atoms with van der Waals surface area (Å²) in [6, 6.07) is 13.4. The third kappa shape index (κ3) is 8.23. The van der Waals surface area contributed by atoms with Crippen LogP contribution in [0.5, 0.6) is 5.75 Å². The number of guanidine groups is 1. The average Bonchev–Trinajstić information content (AvgIpc) is 2.83. The highest BCUT2D eigenvalue weighted by Crippen LogP contribution is 2.18. The predicted molar refractivity (Wildman–Crippen MR) is 128 cm³/mol. The number of rotatable bonds is 9. The molecule has 1 aliphatic rings. The maximum Gasteiger partial charge on any atom is 0.343 e. The molecule has 9 heteroatoms. The molecule has 2 aromatic rings. The number of hydrogen-bond donors (Lipinski definition) is 4. The normalized spacial score (nSPS) is 13.5. The van der Waals surface area contributed by atoms with Crippen LogP contribution in [-0.2, 0) is 20.7 Å². The minimum Gasteiger partial charge on any atom is -0.456 e. The fourth-order valence-corrected chi connectivity index (χ4v) is 3.72. The molecular weight excluding hydrogens is 436 g/mol. The van der Waals surface area contributed by atoms with Gasteiger partial charge in [0, 0.05) is 18.2 Å². The van der Waals surface area contributed by atoms with Gasteiger partial charge < -0.3 is 25.8 Å². The lowest BCUT2D eigenvalue weighted by atomic mass is 9.95. The second kappa shape index (κ2) is 12.4. The van der Waals surface area contributed by atoms with Crippen molar-refractivity contribution in [1.29, 1.82) is 5.41 Å². The summed E-state index contributed by atoms with van der Waals surface area (Å²) in [4.78, 5) is 36.2. The van der Waals surface area contributed by atoms with E-state index in [1.54, 1.807) is 48.5 Å². The molecule has 0 unspecified atom stereocenters. The SMILES string of the molecule is N=C(N)Nc1ccc(C(=O)Oc2ccc(CCC(=O)OCC(=O)NC3CCCCC3)cc2)cc1. The minimum absolute atomic E-state index is 0.149. The zero-order chi connectivity index (χ0) is 24.3. The molecule has 34 heavy (non-hydrogen) atoms. The monoisotopic (exact) mass is 466 g/mol. The first-order valence-corrected chi connectivity index (χ1v) is 11.4. The minimum atomic E-state index is -0.516. The molecule has 1 fully saturated rings. The number of carbonyl (C=O) groups excluding carboxylic acids is 3. The van der Waals surface area contributed by atoms with Crippen molar-refractivity contribution in [3.63, 3.8) is 0 Å². The van der Waals surface area contributed by atoms with Gasteiger partial charge in [-0.1, -0.05) is 31.4 Å². The average molecular weight is 467 g/mol. The van der Waals surface area contributed by atoms with Gasteiger partial charge in [-0.15, -0.1) is 0 Å². The van der Waals surface area contributed by atoms with Gasteiger partial charge in [0.2, 0.25) is 0 Å². The number of nitrogens with one attached hydrogen (secondary N) is 3. The molecule has 0 heterocycles. The van der Waals surface area contributed by atoms with Crippen molar-refractivity contribution >= 4 is 29.5 Å². The number of anilines is 1. The van der Waals surface area contributed by atoms with E-state index in [1.807, 2.05) is 0 Å². The summed E-state index contributed by atoms with van der Waals surface area (Å²) < 4.78 is 10.4. The van der Waals surface area contributed by atoms with Gasteiger partial charge in [-0.2, -0.15) is 0 Å². The molecule has 180 valence electrons. The number of nitrogens with two attached hydrogens (primary N) is 1. The molecule has 3 rings (SSSR count). The maximum absolute atomic E-state index is 12.3. The largest absolute Gasteiger partial charge is 0.456 e. The summed E-state index contributed by atoms with van der Waals surface area (Å²) in [5.41, 5.74) is 7.10. The Balaban J connectivity index is 1.38. The Morgan fingerprint density at radius 1 is 0.971 bits per heavy atom. The first-order valence-electron chi connectivity index (χ1n) is 11.4. The molecule has 0 bridgehead atoms. The van der Waals surface area contributed by atoms with E-state index in [1.165, 1.54) is 6.42 Å². The van der Waals surface area contributed by atoms with E-state index in [0.29, 0.717) is 23.4 Å². The zero-order valence-electron chi connectivity index (χ0n) is 19.0. The molecule has 0 saturated heterocycles. The van der Waals surface area contributed by atoms with E-state index in [0.717, 1.165) is 31.2 Å². The molecule has 0 radical (unpaired) electrons. The van der Waals surface area contributed by atoms with Gasteiger partial charge in [-0.3, -0.25) is 15.0 Å². The Kier molecular flexibility index (Phi) is 9.02. The Hall–Kier alpha value is -3.88. The van der Waals surface area contributed by atoms with Crippen molar-refractivity contribution in [2.45, 2.75) is 51.0 Å². The van der Waals surface area contributed by atoms with Crippen molar-refractivity contribution in [3.8, 4) is 5.75 Å². The standard InChI is InChI=1S/C25H30N4O5/c26-25(27)29-20-11-9-18(10-12-20)24(32)34-21-13-6-17(7-14-21)8-15-23(31)33-16-22(30)28-19-4-2-1-3-5-19/h6-7,9-14,19H,1-5,8,15-16H2,(H,28,30)(H4,26,27,29). The molecule has 9 nitrogen and oxygen atoms in total. The van der Waals surface area contributed by atoms with Crippen LogP contribution in [-0.4, -0.2) is 36.5 Å². The number of hydrogen-bond acceptors (Lipinski definition) is 6. The molecule has 5 N–H and O–H groups in total. The summed E-state index contributed by atoms with van der Waals surface area (Å²) in [5, 5.41) is 12.8. The number of amides is 1. The summed E-state index contributed by atoms with van der Waals surface area (Å²) in [7, 11) is 0. The van der Waals surface area contributed by atoms with Crippen molar-refractivity contribution in [2.75, 3.05) is 11.9 Å². The Morgan fingerprint density at radius 3 is 2.29 bits per heavy atom. The van der Waals surface area contributed by atoms with Crippen LogP contribution in [0, 0.1) is 5.41 Å². The van der Waals surface area contributed by atoms with E-state index in [9.17, 15) is 14.4 Å². The fourth-order valence-electron chi connectivity index (χ4n) is 3.72. The van der Waals surface area contributed by atoms with Crippen LogP contribution in [0.2, 0.25) is 0 Å². The molecule has 0 aromatic heterocycles. The fraction of sp³-hybridized carbons (Fsp3) is 0.360. The van der Waals surface area contributed by atoms with Crippen LogP contribution in [0.3, 0.4) is 0 Å². The third-order valence-corrected chi connectivity index (χ3v) is 5.49. The van der Waals surface area contributed by atoms with Gasteiger partial charge in [-0.25, -0.2) is 4.79 Å². The molecule has 0 spiro atoms. The molecular formula is C25H30N4O5. The lowest BCUT2D eigenvalue weighted by Crippen LogP contribution is -2.38. The molecule has 1 aliphatic carbocycles. The third-order valence-electron chi connectivity index (χ3n) is 5.49. The molecule has 2 aromatic carbocycles. The van der Waals surface area contributed by atoms with Gasteiger partial charge >= 0.3 is 11.9 Å². The molecule has 0 aliphatic heterocycles. The highest BCUT2D eigenvalue weighted by molar-refractivity contribution is 5.93. The molecule has 0 atom stereocenters. The van der Waals surface area contributed by atoms with Gasteiger partial charge in [0.25, 0.3) is 5.91 Å². The summed E-state index contributed by atoms with van der Waals surface area (Å²) >= 11 is 0. The van der Waals surface area contributed by atoms with E-state index in [2.05, 4.69) is 10.6 Å². The van der Waals surface area contributed by atoms with Gasteiger partial charge in [0.15, 0.2) is 12.6 Å². The predicted octanol–water partition coefficient (Wildman–Crippen LogP) is 3.14. The second-order valence-corrected chi connectivity index (χ2v) is 8.21.